The van der Waals surface area contributed by atoms with Crippen LogP contribution in [0, 0.1) is 11.8 Å². The number of benzene rings is 1. The second-order valence-corrected chi connectivity index (χ2v) is 5.48. The molecule has 0 aromatic heterocycles. The lowest BCUT2D eigenvalue weighted by molar-refractivity contribution is -0.124. The summed E-state index contributed by atoms with van der Waals surface area (Å²) >= 11 is 0. The Morgan fingerprint density at radius 2 is 2.00 bits per heavy atom. The fourth-order valence-electron chi connectivity index (χ4n) is 3.02. The number of rotatable bonds is 3. The number of hydrogen-bond donors (Lipinski definition) is 2. The zero-order valence-electron chi connectivity index (χ0n) is 10.6. The van der Waals surface area contributed by atoms with Crippen LogP contribution in [-0.4, -0.2) is 25.5 Å². The average molecular weight is 244 g/mol. The van der Waals surface area contributed by atoms with Crippen molar-refractivity contribution in [2.45, 2.75) is 19.3 Å². The summed E-state index contributed by atoms with van der Waals surface area (Å²) in [6, 6.07) is 8.40. The predicted octanol–water partition coefficient (Wildman–Crippen LogP) is 1.13. The maximum absolute atomic E-state index is 12.1. The fraction of sp³-hybridized carbons (Fsp3) is 0.533. The van der Waals surface area contributed by atoms with Crippen molar-refractivity contribution >= 4 is 5.91 Å². The first kappa shape index (κ1) is 11.7. The van der Waals surface area contributed by atoms with Gasteiger partial charge in [0.15, 0.2) is 0 Å². The van der Waals surface area contributed by atoms with Crippen molar-refractivity contribution in [3.63, 3.8) is 0 Å². The molecule has 1 aromatic rings. The highest BCUT2D eigenvalue weighted by atomic mass is 16.1. The van der Waals surface area contributed by atoms with Gasteiger partial charge in [0.2, 0.25) is 5.91 Å². The quantitative estimate of drug-likeness (QED) is 0.837. The summed E-state index contributed by atoms with van der Waals surface area (Å²) in [6.45, 7) is 2.97. The van der Waals surface area contributed by atoms with Gasteiger partial charge in [0.1, 0.15) is 0 Å². The van der Waals surface area contributed by atoms with Gasteiger partial charge < -0.3 is 10.6 Å². The molecule has 2 aliphatic rings. The highest BCUT2D eigenvalue weighted by Crippen LogP contribution is 2.26. The number of carbonyl (C=O) groups is 1. The van der Waals surface area contributed by atoms with E-state index in [0.29, 0.717) is 5.92 Å². The molecule has 1 aliphatic heterocycles. The minimum Gasteiger partial charge on any atom is -0.356 e. The molecule has 3 nitrogen and oxygen atoms in total. The molecule has 1 fully saturated rings. The van der Waals surface area contributed by atoms with Crippen molar-refractivity contribution in [3.05, 3.63) is 35.4 Å². The Balaban J connectivity index is 1.52. The summed E-state index contributed by atoms with van der Waals surface area (Å²) in [5.41, 5.74) is 2.69. The highest BCUT2D eigenvalue weighted by Gasteiger charge is 2.27. The Bertz CT molecular complexity index is 413. The Morgan fingerprint density at radius 1 is 1.28 bits per heavy atom. The molecule has 3 heteroatoms. The smallest absolute Gasteiger partial charge is 0.223 e. The summed E-state index contributed by atoms with van der Waals surface area (Å²) in [5.74, 6) is 1.01. The number of nitrogens with one attached hydrogen (secondary N) is 2. The third-order valence-electron chi connectivity index (χ3n) is 4.15. The largest absolute Gasteiger partial charge is 0.356 e. The van der Waals surface area contributed by atoms with E-state index in [2.05, 4.69) is 34.9 Å². The Morgan fingerprint density at radius 3 is 2.61 bits per heavy atom. The van der Waals surface area contributed by atoms with Gasteiger partial charge in [-0.25, -0.2) is 0 Å². The molecule has 1 atom stereocenters. The Hall–Kier alpha value is -1.35. The van der Waals surface area contributed by atoms with E-state index in [-0.39, 0.29) is 11.8 Å². The molecule has 3 rings (SSSR count). The van der Waals surface area contributed by atoms with Crippen LogP contribution < -0.4 is 10.6 Å². The van der Waals surface area contributed by atoms with Crippen LogP contribution in [0.1, 0.15) is 17.5 Å². The number of amides is 1. The molecule has 96 valence electrons. The van der Waals surface area contributed by atoms with E-state index in [1.807, 2.05) is 0 Å². The van der Waals surface area contributed by atoms with Crippen LogP contribution >= 0.6 is 0 Å². The Labute approximate surface area is 108 Å². The van der Waals surface area contributed by atoms with Crippen molar-refractivity contribution in [1.82, 2.24) is 10.6 Å². The normalized spacial score (nSPS) is 23.0. The molecule has 1 saturated heterocycles. The molecule has 2 N–H and O–H groups in total. The lowest BCUT2D eigenvalue weighted by Gasteiger charge is -2.13. The van der Waals surface area contributed by atoms with Gasteiger partial charge in [0.05, 0.1) is 0 Å². The second-order valence-electron chi connectivity index (χ2n) is 5.48. The topological polar surface area (TPSA) is 41.1 Å². The van der Waals surface area contributed by atoms with Gasteiger partial charge in [-0.3, -0.25) is 4.79 Å². The van der Waals surface area contributed by atoms with Crippen LogP contribution in [0.3, 0.4) is 0 Å². The van der Waals surface area contributed by atoms with E-state index in [4.69, 9.17) is 0 Å². The maximum Gasteiger partial charge on any atom is 0.223 e. The van der Waals surface area contributed by atoms with E-state index < -0.39 is 0 Å². The molecule has 1 amide bonds. The van der Waals surface area contributed by atoms with Gasteiger partial charge in [0, 0.05) is 12.5 Å². The van der Waals surface area contributed by atoms with Gasteiger partial charge in [0.25, 0.3) is 0 Å². The first-order valence-corrected chi connectivity index (χ1v) is 6.88. The van der Waals surface area contributed by atoms with E-state index in [0.717, 1.165) is 32.5 Å². The van der Waals surface area contributed by atoms with Gasteiger partial charge in [-0.2, -0.15) is 0 Å². The van der Waals surface area contributed by atoms with E-state index >= 15 is 0 Å². The molecule has 1 aromatic carbocycles. The van der Waals surface area contributed by atoms with Crippen LogP contribution in [0.5, 0.6) is 0 Å². The van der Waals surface area contributed by atoms with Gasteiger partial charge in [-0.1, -0.05) is 24.3 Å². The van der Waals surface area contributed by atoms with Crippen molar-refractivity contribution in [3.8, 4) is 0 Å². The fourth-order valence-corrected chi connectivity index (χ4v) is 3.02. The zero-order chi connectivity index (χ0) is 12.4. The third kappa shape index (κ3) is 2.41. The molecule has 0 spiro atoms. The van der Waals surface area contributed by atoms with E-state index in [9.17, 15) is 4.79 Å². The average Bonchev–Trinajstić information content (AvgIpc) is 3.04. The van der Waals surface area contributed by atoms with Crippen LogP contribution in [0.25, 0.3) is 0 Å². The Kier molecular flexibility index (Phi) is 3.33. The molecule has 0 unspecified atom stereocenters. The number of carbonyl (C=O) groups excluding carboxylic acids is 1. The van der Waals surface area contributed by atoms with Crippen LogP contribution in [0.15, 0.2) is 24.3 Å². The van der Waals surface area contributed by atoms with E-state index in [1.54, 1.807) is 0 Å². The lowest BCUT2D eigenvalue weighted by atomic mass is 10.0. The SMILES string of the molecule is O=C(NC[C@H]1CCNC1)C1Cc2ccccc2C1. The standard InChI is InChI=1S/C15H20N2O/c18-15(17-10-11-5-6-16-9-11)14-7-12-3-1-2-4-13(12)8-14/h1-4,11,14,16H,5-10H2,(H,17,18)/t11-/m0/s1. The molecule has 0 saturated carbocycles. The molecular formula is C15H20N2O. The molecular weight excluding hydrogens is 224 g/mol. The first-order chi connectivity index (χ1) is 8.83. The monoisotopic (exact) mass is 244 g/mol. The molecule has 0 bridgehead atoms. The second kappa shape index (κ2) is 5.11. The third-order valence-corrected chi connectivity index (χ3v) is 4.15. The van der Waals surface area contributed by atoms with Crippen molar-refractivity contribution in [2.24, 2.45) is 11.8 Å². The summed E-state index contributed by atoms with van der Waals surface area (Å²) in [6.07, 6.45) is 3.00. The van der Waals surface area contributed by atoms with Crippen LogP contribution in [0.2, 0.25) is 0 Å². The van der Waals surface area contributed by atoms with Crippen LogP contribution in [-0.2, 0) is 17.6 Å². The molecule has 18 heavy (non-hydrogen) atoms. The number of fused-ring (bicyclic) bond motifs is 1. The minimum absolute atomic E-state index is 0.150. The molecule has 1 heterocycles. The molecule has 1 aliphatic carbocycles. The summed E-state index contributed by atoms with van der Waals surface area (Å²) < 4.78 is 0. The van der Waals surface area contributed by atoms with Crippen molar-refractivity contribution < 1.29 is 4.79 Å². The lowest BCUT2D eigenvalue weighted by Crippen LogP contribution is -2.35. The van der Waals surface area contributed by atoms with Crippen LogP contribution in [0.4, 0.5) is 0 Å². The predicted molar refractivity (Wildman–Crippen MR) is 71.3 cm³/mol. The van der Waals surface area contributed by atoms with Gasteiger partial charge >= 0.3 is 0 Å². The van der Waals surface area contributed by atoms with Gasteiger partial charge in [-0.05, 0) is 49.4 Å². The summed E-state index contributed by atoms with van der Waals surface area (Å²) in [4.78, 5) is 12.1. The zero-order valence-corrected chi connectivity index (χ0v) is 10.6. The van der Waals surface area contributed by atoms with Crippen molar-refractivity contribution in [1.29, 1.82) is 0 Å². The maximum atomic E-state index is 12.1. The summed E-state index contributed by atoms with van der Waals surface area (Å²) in [7, 11) is 0. The van der Waals surface area contributed by atoms with Crippen molar-refractivity contribution in [2.75, 3.05) is 19.6 Å². The molecule has 0 radical (unpaired) electrons. The number of hydrogen-bond acceptors (Lipinski definition) is 2. The first-order valence-electron chi connectivity index (χ1n) is 6.88. The van der Waals surface area contributed by atoms with E-state index in [1.165, 1.54) is 17.5 Å². The minimum atomic E-state index is 0.150. The van der Waals surface area contributed by atoms with Gasteiger partial charge in [-0.15, -0.1) is 0 Å². The summed E-state index contributed by atoms with van der Waals surface area (Å²) in [5, 5.41) is 6.45. The highest BCUT2D eigenvalue weighted by molar-refractivity contribution is 5.80.